The third-order valence-electron chi connectivity index (χ3n) is 3.08. The Balaban J connectivity index is 2.30. The van der Waals surface area contributed by atoms with E-state index in [1.54, 1.807) is 0 Å². The predicted octanol–water partition coefficient (Wildman–Crippen LogP) is 4.65. The van der Waals surface area contributed by atoms with Gasteiger partial charge in [0.15, 0.2) is 0 Å². The van der Waals surface area contributed by atoms with E-state index in [1.165, 1.54) is 5.56 Å². The van der Waals surface area contributed by atoms with Crippen LogP contribution in [0.2, 0.25) is 0 Å². The van der Waals surface area contributed by atoms with Crippen molar-refractivity contribution in [1.29, 1.82) is 0 Å². The second kappa shape index (κ2) is 5.68. The van der Waals surface area contributed by atoms with E-state index in [4.69, 9.17) is 0 Å². The molecule has 2 heteroatoms. The lowest BCUT2D eigenvalue weighted by molar-refractivity contribution is 0.220. The molecule has 94 valence electrons. The summed E-state index contributed by atoms with van der Waals surface area (Å²) >= 11 is 3.40. The molecule has 1 N–H and O–H groups in total. The van der Waals surface area contributed by atoms with Crippen LogP contribution in [0.1, 0.15) is 42.6 Å². The number of rotatable bonds is 3. The van der Waals surface area contributed by atoms with E-state index in [1.807, 2.05) is 36.4 Å². The first-order valence-corrected chi connectivity index (χ1v) is 6.90. The second-order valence-corrected chi connectivity index (χ2v) is 5.69. The molecule has 2 rings (SSSR count). The van der Waals surface area contributed by atoms with Gasteiger partial charge in [-0.05, 0) is 34.7 Å². The third-order valence-corrected chi connectivity index (χ3v) is 3.61. The van der Waals surface area contributed by atoms with Crippen molar-refractivity contribution in [2.45, 2.75) is 25.9 Å². The Hall–Kier alpha value is -1.12. The number of benzene rings is 2. The van der Waals surface area contributed by atoms with Crippen LogP contribution in [0.15, 0.2) is 53.0 Å². The summed E-state index contributed by atoms with van der Waals surface area (Å²) in [5, 5.41) is 10.4. The topological polar surface area (TPSA) is 20.2 Å². The van der Waals surface area contributed by atoms with E-state index in [0.717, 1.165) is 15.6 Å². The van der Waals surface area contributed by atoms with Crippen LogP contribution in [-0.4, -0.2) is 5.11 Å². The van der Waals surface area contributed by atoms with Crippen LogP contribution in [0.3, 0.4) is 0 Å². The largest absolute Gasteiger partial charge is 0.384 e. The highest BCUT2D eigenvalue weighted by Crippen LogP contribution is 2.26. The zero-order valence-electron chi connectivity index (χ0n) is 10.6. The smallest absolute Gasteiger partial charge is 0.104 e. The maximum Gasteiger partial charge on any atom is 0.104 e. The monoisotopic (exact) mass is 304 g/mol. The summed E-state index contributed by atoms with van der Waals surface area (Å²) < 4.78 is 1.02. The van der Waals surface area contributed by atoms with Gasteiger partial charge in [-0.3, -0.25) is 0 Å². The molecule has 0 aliphatic carbocycles. The molecule has 0 aromatic heterocycles. The van der Waals surface area contributed by atoms with Gasteiger partial charge in [-0.15, -0.1) is 0 Å². The zero-order valence-corrected chi connectivity index (χ0v) is 12.2. The van der Waals surface area contributed by atoms with E-state index in [2.05, 4.69) is 41.9 Å². The van der Waals surface area contributed by atoms with Crippen LogP contribution in [0.5, 0.6) is 0 Å². The Morgan fingerprint density at radius 3 is 2.11 bits per heavy atom. The zero-order chi connectivity index (χ0) is 13.1. The molecule has 0 spiro atoms. The van der Waals surface area contributed by atoms with Gasteiger partial charge in [0, 0.05) is 4.47 Å². The van der Waals surface area contributed by atoms with Gasteiger partial charge in [0.25, 0.3) is 0 Å². The molecule has 0 radical (unpaired) electrons. The summed E-state index contributed by atoms with van der Waals surface area (Å²) in [6, 6.07) is 15.9. The molecule has 0 fully saturated rings. The Morgan fingerprint density at radius 2 is 1.50 bits per heavy atom. The van der Waals surface area contributed by atoms with E-state index >= 15 is 0 Å². The minimum atomic E-state index is -0.559. The summed E-state index contributed by atoms with van der Waals surface area (Å²) in [6.07, 6.45) is -0.559. The molecule has 1 nitrogen and oxygen atoms in total. The van der Waals surface area contributed by atoms with E-state index in [-0.39, 0.29) is 0 Å². The van der Waals surface area contributed by atoms with Crippen LogP contribution >= 0.6 is 15.9 Å². The fourth-order valence-corrected chi connectivity index (χ4v) is 2.19. The predicted molar refractivity (Wildman–Crippen MR) is 78.7 cm³/mol. The Bertz CT molecular complexity index is 517. The lowest BCUT2D eigenvalue weighted by Crippen LogP contribution is -2.00. The van der Waals surface area contributed by atoms with Gasteiger partial charge < -0.3 is 5.11 Å². The van der Waals surface area contributed by atoms with Crippen molar-refractivity contribution in [3.05, 3.63) is 69.7 Å². The van der Waals surface area contributed by atoms with Gasteiger partial charge in [-0.25, -0.2) is 0 Å². The molecule has 0 aliphatic heterocycles. The number of aliphatic hydroxyl groups excluding tert-OH is 1. The van der Waals surface area contributed by atoms with Crippen molar-refractivity contribution in [3.63, 3.8) is 0 Å². The highest BCUT2D eigenvalue weighted by Gasteiger charge is 2.11. The molecule has 0 saturated heterocycles. The molecule has 0 saturated carbocycles. The van der Waals surface area contributed by atoms with Crippen molar-refractivity contribution < 1.29 is 5.11 Å². The molecule has 0 heterocycles. The summed E-state index contributed by atoms with van der Waals surface area (Å²) in [7, 11) is 0. The maximum absolute atomic E-state index is 10.4. The molecule has 0 bridgehead atoms. The highest BCUT2D eigenvalue weighted by atomic mass is 79.9. The fourth-order valence-electron chi connectivity index (χ4n) is 1.93. The molecular formula is C16H17BrO. The van der Waals surface area contributed by atoms with Crippen molar-refractivity contribution in [3.8, 4) is 0 Å². The third kappa shape index (κ3) is 3.01. The second-order valence-electron chi connectivity index (χ2n) is 4.78. The Labute approximate surface area is 117 Å². The first kappa shape index (κ1) is 13.3. The first-order chi connectivity index (χ1) is 8.58. The Morgan fingerprint density at radius 1 is 0.889 bits per heavy atom. The average molecular weight is 305 g/mol. The summed E-state index contributed by atoms with van der Waals surface area (Å²) in [6.45, 7) is 4.32. The maximum atomic E-state index is 10.4. The number of hydrogen-bond donors (Lipinski definition) is 1. The molecule has 0 amide bonds. The SMILES string of the molecule is CC(C)c1cccc([C@@H](O)c2ccc(Br)cc2)c1. The molecule has 18 heavy (non-hydrogen) atoms. The molecule has 1 atom stereocenters. The van der Waals surface area contributed by atoms with Crippen LogP contribution in [0.25, 0.3) is 0 Å². The van der Waals surface area contributed by atoms with Gasteiger partial charge in [0.05, 0.1) is 0 Å². The van der Waals surface area contributed by atoms with Gasteiger partial charge in [-0.2, -0.15) is 0 Å². The number of hydrogen-bond acceptors (Lipinski definition) is 1. The minimum Gasteiger partial charge on any atom is -0.384 e. The molecule has 2 aromatic rings. The van der Waals surface area contributed by atoms with Gasteiger partial charge in [0.2, 0.25) is 0 Å². The summed E-state index contributed by atoms with van der Waals surface area (Å²) in [5.41, 5.74) is 3.12. The lowest BCUT2D eigenvalue weighted by atomic mass is 9.96. The number of aliphatic hydroxyl groups is 1. The van der Waals surface area contributed by atoms with E-state index in [9.17, 15) is 5.11 Å². The molecule has 2 aromatic carbocycles. The molecular weight excluding hydrogens is 288 g/mol. The van der Waals surface area contributed by atoms with Crippen LogP contribution in [0, 0.1) is 0 Å². The lowest BCUT2D eigenvalue weighted by Gasteiger charge is -2.14. The normalized spacial score (nSPS) is 12.7. The highest BCUT2D eigenvalue weighted by molar-refractivity contribution is 9.10. The quantitative estimate of drug-likeness (QED) is 0.875. The fraction of sp³-hybridized carbons (Fsp3) is 0.250. The van der Waals surface area contributed by atoms with Crippen LogP contribution in [-0.2, 0) is 0 Å². The first-order valence-electron chi connectivity index (χ1n) is 6.11. The van der Waals surface area contributed by atoms with Crippen molar-refractivity contribution >= 4 is 15.9 Å². The minimum absolute atomic E-state index is 0.474. The standard InChI is InChI=1S/C16H17BrO/c1-11(2)13-4-3-5-14(10-13)16(18)12-6-8-15(17)9-7-12/h3-11,16,18H,1-2H3/t16-/m0/s1. The number of halogens is 1. The summed E-state index contributed by atoms with van der Waals surface area (Å²) in [5.74, 6) is 0.474. The van der Waals surface area contributed by atoms with Gasteiger partial charge in [0.1, 0.15) is 6.10 Å². The van der Waals surface area contributed by atoms with Gasteiger partial charge in [-0.1, -0.05) is 66.2 Å². The van der Waals surface area contributed by atoms with Crippen LogP contribution < -0.4 is 0 Å². The average Bonchev–Trinajstić information content (AvgIpc) is 2.39. The molecule has 0 aliphatic rings. The Kier molecular flexibility index (Phi) is 4.20. The molecule has 0 unspecified atom stereocenters. The van der Waals surface area contributed by atoms with E-state index in [0.29, 0.717) is 5.92 Å². The van der Waals surface area contributed by atoms with Crippen molar-refractivity contribution in [2.24, 2.45) is 0 Å². The van der Waals surface area contributed by atoms with Crippen molar-refractivity contribution in [1.82, 2.24) is 0 Å². The van der Waals surface area contributed by atoms with E-state index < -0.39 is 6.10 Å². The van der Waals surface area contributed by atoms with Crippen LogP contribution in [0.4, 0.5) is 0 Å². The summed E-state index contributed by atoms with van der Waals surface area (Å²) in [4.78, 5) is 0. The van der Waals surface area contributed by atoms with Gasteiger partial charge >= 0.3 is 0 Å². The van der Waals surface area contributed by atoms with Crippen molar-refractivity contribution in [2.75, 3.05) is 0 Å².